The number of halogens is 1. The number of aryl methyl sites for hydroxylation is 1. The number of ether oxygens (including phenoxy) is 1. The Morgan fingerprint density at radius 2 is 1.50 bits per heavy atom. The summed E-state index contributed by atoms with van der Waals surface area (Å²) in [6, 6.07) is 8.62. The number of unbranched alkanes of at least 4 members (excludes halogenated alkanes) is 6. The average molecular weight is 341 g/mol. The van der Waals surface area contributed by atoms with Crippen molar-refractivity contribution in [3.63, 3.8) is 0 Å². The van der Waals surface area contributed by atoms with Gasteiger partial charge < -0.3 is 4.74 Å². The molecule has 0 heterocycles. The van der Waals surface area contributed by atoms with Gasteiger partial charge in [0.05, 0.1) is 6.61 Å². The lowest BCUT2D eigenvalue weighted by atomic mass is 10.1. The predicted molar refractivity (Wildman–Crippen MR) is 92.0 cm³/mol. The van der Waals surface area contributed by atoms with E-state index in [0.29, 0.717) is 0 Å². The lowest BCUT2D eigenvalue weighted by Gasteiger charge is -2.07. The van der Waals surface area contributed by atoms with Gasteiger partial charge in [0.1, 0.15) is 5.75 Å². The van der Waals surface area contributed by atoms with E-state index in [4.69, 9.17) is 4.74 Å². The van der Waals surface area contributed by atoms with Gasteiger partial charge in [-0.05, 0) is 43.4 Å². The fourth-order valence-corrected chi connectivity index (χ4v) is 2.62. The van der Waals surface area contributed by atoms with Gasteiger partial charge in [-0.1, -0.05) is 67.1 Å². The van der Waals surface area contributed by atoms with E-state index < -0.39 is 0 Å². The summed E-state index contributed by atoms with van der Waals surface area (Å²) in [5, 5.41) is 1.14. The summed E-state index contributed by atoms with van der Waals surface area (Å²) in [6.45, 7) is 3.09. The van der Waals surface area contributed by atoms with Crippen LogP contribution in [0.4, 0.5) is 0 Å². The van der Waals surface area contributed by atoms with Gasteiger partial charge >= 0.3 is 0 Å². The van der Waals surface area contributed by atoms with E-state index in [0.717, 1.165) is 17.7 Å². The quantitative estimate of drug-likeness (QED) is 0.327. The van der Waals surface area contributed by atoms with Crippen LogP contribution in [0, 0.1) is 0 Å². The van der Waals surface area contributed by atoms with E-state index in [1.807, 2.05) is 0 Å². The van der Waals surface area contributed by atoms with Crippen LogP contribution in [0.5, 0.6) is 5.75 Å². The minimum atomic E-state index is 0.854. The van der Waals surface area contributed by atoms with Gasteiger partial charge in [-0.3, -0.25) is 0 Å². The summed E-state index contributed by atoms with van der Waals surface area (Å²) in [5.74, 6) is 1.02. The molecule has 1 nitrogen and oxygen atoms in total. The minimum Gasteiger partial charge on any atom is -0.494 e. The predicted octanol–water partition coefficient (Wildman–Crippen LogP) is 6.14. The van der Waals surface area contributed by atoms with E-state index >= 15 is 0 Å². The molecule has 0 N–H and O–H groups in total. The van der Waals surface area contributed by atoms with Crippen molar-refractivity contribution in [2.45, 2.75) is 64.7 Å². The van der Waals surface area contributed by atoms with E-state index in [2.05, 4.69) is 47.1 Å². The maximum atomic E-state index is 5.79. The monoisotopic (exact) mass is 340 g/mol. The molecule has 0 radical (unpaired) electrons. The maximum Gasteiger partial charge on any atom is 0.119 e. The molecular formula is C18H29BrO. The molecule has 20 heavy (non-hydrogen) atoms. The number of benzene rings is 1. The highest BCUT2D eigenvalue weighted by molar-refractivity contribution is 9.09. The molecule has 1 aromatic rings. The standard InChI is InChI=1S/C18H29BrO/c1-2-3-10-17-11-13-18(14-12-17)20-16-9-7-5-4-6-8-15-19/h11-14H,2-10,15-16H2,1H3. The van der Waals surface area contributed by atoms with Gasteiger partial charge in [-0.2, -0.15) is 0 Å². The fraction of sp³-hybridized carbons (Fsp3) is 0.667. The molecule has 0 atom stereocenters. The maximum absolute atomic E-state index is 5.79. The Bertz CT molecular complexity index is 321. The zero-order valence-electron chi connectivity index (χ0n) is 12.9. The number of hydrogen-bond acceptors (Lipinski definition) is 1. The van der Waals surface area contributed by atoms with Crippen LogP contribution in [-0.4, -0.2) is 11.9 Å². The van der Waals surface area contributed by atoms with Crippen LogP contribution in [0.1, 0.15) is 63.9 Å². The largest absolute Gasteiger partial charge is 0.494 e. The second-order valence-corrected chi connectivity index (χ2v) is 6.20. The smallest absolute Gasteiger partial charge is 0.119 e. The van der Waals surface area contributed by atoms with E-state index in [1.54, 1.807) is 0 Å². The third-order valence-electron chi connectivity index (χ3n) is 3.54. The van der Waals surface area contributed by atoms with Crippen molar-refractivity contribution in [2.24, 2.45) is 0 Å². The Morgan fingerprint density at radius 3 is 2.15 bits per heavy atom. The van der Waals surface area contributed by atoms with Gasteiger partial charge in [-0.25, -0.2) is 0 Å². The summed E-state index contributed by atoms with van der Waals surface area (Å²) in [7, 11) is 0. The van der Waals surface area contributed by atoms with Crippen molar-refractivity contribution in [1.29, 1.82) is 0 Å². The fourth-order valence-electron chi connectivity index (χ4n) is 2.23. The van der Waals surface area contributed by atoms with Crippen LogP contribution in [0.15, 0.2) is 24.3 Å². The first-order valence-corrected chi connectivity index (χ1v) is 9.26. The zero-order chi connectivity index (χ0) is 14.5. The second-order valence-electron chi connectivity index (χ2n) is 5.41. The molecule has 0 spiro atoms. The van der Waals surface area contributed by atoms with Crippen molar-refractivity contribution in [3.05, 3.63) is 29.8 Å². The van der Waals surface area contributed by atoms with E-state index in [9.17, 15) is 0 Å². The summed E-state index contributed by atoms with van der Waals surface area (Å²) in [5.41, 5.74) is 1.42. The Kier molecular flexibility index (Phi) is 10.8. The van der Waals surface area contributed by atoms with Crippen molar-refractivity contribution in [1.82, 2.24) is 0 Å². The first kappa shape index (κ1) is 17.6. The molecule has 0 aliphatic rings. The molecule has 1 rings (SSSR count). The minimum absolute atomic E-state index is 0.854. The highest BCUT2D eigenvalue weighted by atomic mass is 79.9. The van der Waals surface area contributed by atoms with Gasteiger partial charge in [0.2, 0.25) is 0 Å². The van der Waals surface area contributed by atoms with Gasteiger partial charge in [0, 0.05) is 5.33 Å². The molecule has 0 bridgehead atoms. The summed E-state index contributed by atoms with van der Waals surface area (Å²) in [6.07, 6.45) is 11.5. The van der Waals surface area contributed by atoms with E-state index in [-0.39, 0.29) is 0 Å². The van der Waals surface area contributed by atoms with Crippen LogP contribution < -0.4 is 4.74 Å². The molecule has 114 valence electrons. The Labute approximate surface area is 133 Å². The van der Waals surface area contributed by atoms with Gasteiger partial charge in [0.15, 0.2) is 0 Å². The molecular weight excluding hydrogens is 312 g/mol. The molecule has 2 heteroatoms. The number of alkyl halides is 1. The summed E-state index contributed by atoms with van der Waals surface area (Å²) < 4.78 is 5.79. The molecule has 0 saturated heterocycles. The molecule has 0 saturated carbocycles. The number of hydrogen-bond donors (Lipinski definition) is 0. The van der Waals surface area contributed by atoms with Crippen molar-refractivity contribution in [2.75, 3.05) is 11.9 Å². The van der Waals surface area contributed by atoms with Crippen molar-refractivity contribution >= 4 is 15.9 Å². The lowest BCUT2D eigenvalue weighted by Crippen LogP contribution is -1.97. The van der Waals surface area contributed by atoms with Crippen LogP contribution in [0.2, 0.25) is 0 Å². The van der Waals surface area contributed by atoms with Gasteiger partial charge in [-0.15, -0.1) is 0 Å². The highest BCUT2D eigenvalue weighted by Crippen LogP contribution is 2.15. The first-order chi connectivity index (χ1) is 9.86. The van der Waals surface area contributed by atoms with Crippen LogP contribution in [0.25, 0.3) is 0 Å². The normalized spacial score (nSPS) is 10.7. The molecule has 1 aromatic carbocycles. The van der Waals surface area contributed by atoms with Crippen molar-refractivity contribution < 1.29 is 4.74 Å². The lowest BCUT2D eigenvalue weighted by molar-refractivity contribution is 0.304. The topological polar surface area (TPSA) is 9.23 Å². The zero-order valence-corrected chi connectivity index (χ0v) is 14.5. The SMILES string of the molecule is CCCCc1ccc(OCCCCCCCCBr)cc1. The third kappa shape index (κ3) is 8.63. The van der Waals surface area contributed by atoms with Crippen LogP contribution in [0.3, 0.4) is 0 Å². The molecule has 0 aliphatic carbocycles. The first-order valence-electron chi connectivity index (χ1n) is 8.14. The van der Waals surface area contributed by atoms with E-state index in [1.165, 1.54) is 63.4 Å². The second kappa shape index (κ2) is 12.3. The molecule has 0 unspecified atom stereocenters. The summed E-state index contributed by atoms with van der Waals surface area (Å²) in [4.78, 5) is 0. The van der Waals surface area contributed by atoms with Gasteiger partial charge in [0.25, 0.3) is 0 Å². The van der Waals surface area contributed by atoms with Crippen LogP contribution >= 0.6 is 15.9 Å². The summed E-state index contributed by atoms with van der Waals surface area (Å²) >= 11 is 3.47. The average Bonchev–Trinajstić information content (AvgIpc) is 2.49. The van der Waals surface area contributed by atoms with Crippen LogP contribution in [-0.2, 0) is 6.42 Å². The Morgan fingerprint density at radius 1 is 0.850 bits per heavy atom. The Hall–Kier alpha value is -0.500. The number of rotatable bonds is 12. The highest BCUT2D eigenvalue weighted by Gasteiger charge is 1.96. The molecule has 0 amide bonds. The van der Waals surface area contributed by atoms with Crippen molar-refractivity contribution in [3.8, 4) is 5.75 Å². The molecule has 0 fully saturated rings. The molecule has 0 aliphatic heterocycles. The molecule has 0 aromatic heterocycles. The Balaban J connectivity index is 2.04. The third-order valence-corrected chi connectivity index (χ3v) is 4.10.